The van der Waals surface area contributed by atoms with E-state index in [1.807, 2.05) is 30.7 Å². The number of nitrogens with zero attached hydrogens (tertiary/aromatic N) is 2. The lowest BCUT2D eigenvalue weighted by Crippen LogP contribution is -2.20. The molecule has 1 atom stereocenters. The van der Waals surface area contributed by atoms with Gasteiger partial charge in [0, 0.05) is 30.4 Å². The molecular formula is C15H20ClN3. The van der Waals surface area contributed by atoms with E-state index >= 15 is 0 Å². The molecule has 0 aliphatic heterocycles. The van der Waals surface area contributed by atoms with E-state index in [4.69, 9.17) is 11.6 Å². The lowest BCUT2D eigenvalue weighted by atomic mass is 10.1. The molecule has 19 heavy (non-hydrogen) atoms. The van der Waals surface area contributed by atoms with E-state index < -0.39 is 0 Å². The Balaban J connectivity index is 1.98. The van der Waals surface area contributed by atoms with Crippen molar-refractivity contribution < 1.29 is 0 Å². The minimum absolute atomic E-state index is 0.221. The van der Waals surface area contributed by atoms with Gasteiger partial charge in [0.25, 0.3) is 0 Å². The van der Waals surface area contributed by atoms with Crippen molar-refractivity contribution in [3.8, 4) is 0 Å². The van der Waals surface area contributed by atoms with E-state index in [1.54, 1.807) is 0 Å². The zero-order valence-electron chi connectivity index (χ0n) is 11.4. The molecule has 0 bridgehead atoms. The van der Waals surface area contributed by atoms with Crippen molar-refractivity contribution in [1.29, 1.82) is 0 Å². The molecule has 0 spiro atoms. The van der Waals surface area contributed by atoms with Crippen LogP contribution in [0.25, 0.3) is 0 Å². The zero-order chi connectivity index (χ0) is 13.7. The summed E-state index contributed by atoms with van der Waals surface area (Å²) in [5.74, 6) is 0. The molecule has 0 radical (unpaired) electrons. The standard InChI is InChI=1S/C15H20ClN3/c1-3-8-19-11-17-9-13(19)10-18-12(2)14-6-4-5-7-15(14)16/h4-7,9,11-12,18H,3,8,10H2,1-2H3. The van der Waals surface area contributed by atoms with Crippen LogP contribution in [0, 0.1) is 0 Å². The average Bonchev–Trinajstić information content (AvgIpc) is 2.84. The van der Waals surface area contributed by atoms with Crippen LogP contribution < -0.4 is 5.32 Å². The molecule has 102 valence electrons. The Bertz CT molecular complexity index is 522. The summed E-state index contributed by atoms with van der Waals surface area (Å²) in [6, 6.07) is 8.17. The number of aryl methyl sites for hydroxylation is 1. The van der Waals surface area contributed by atoms with Gasteiger partial charge in [0.15, 0.2) is 0 Å². The molecule has 1 unspecified atom stereocenters. The Morgan fingerprint density at radius 3 is 2.89 bits per heavy atom. The summed E-state index contributed by atoms with van der Waals surface area (Å²) in [5.41, 5.74) is 2.34. The highest BCUT2D eigenvalue weighted by Gasteiger charge is 2.09. The van der Waals surface area contributed by atoms with Crippen molar-refractivity contribution in [3.63, 3.8) is 0 Å². The van der Waals surface area contributed by atoms with Crippen molar-refractivity contribution in [2.45, 2.75) is 39.4 Å². The zero-order valence-corrected chi connectivity index (χ0v) is 12.2. The van der Waals surface area contributed by atoms with Crippen LogP contribution in [0.1, 0.15) is 37.6 Å². The van der Waals surface area contributed by atoms with Gasteiger partial charge in [-0.3, -0.25) is 0 Å². The van der Waals surface area contributed by atoms with Crippen molar-refractivity contribution >= 4 is 11.6 Å². The van der Waals surface area contributed by atoms with Crippen LogP contribution in [-0.2, 0) is 13.1 Å². The van der Waals surface area contributed by atoms with Gasteiger partial charge in [-0.05, 0) is 25.0 Å². The third-order valence-corrected chi connectivity index (χ3v) is 3.57. The van der Waals surface area contributed by atoms with Crippen molar-refractivity contribution in [3.05, 3.63) is 53.1 Å². The van der Waals surface area contributed by atoms with Gasteiger partial charge in [0.05, 0.1) is 12.0 Å². The van der Waals surface area contributed by atoms with E-state index in [2.05, 4.69) is 34.8 Å². The predicted octanol–water partition coefficient (Wildman–Crippen LogP) is 3.80. The molecule has 0 aliphatic rings. The Labute approximate surface area is 119 Å². The summed E-state index contributed by atoms with van der Waals surface area (Å²) in [7, 11) is 0. The molecule has 0 fully saturated rings. The summed E-state index contributed by atoms with van der Waals surface area (Å²) < 4.78 is 2.19. The number of aromatic nitrogens is 2. The lowest BCUT2D eigenvalue weighted by molar-refractivity contribution is 0.542. The maximum Gasteiger partial charge on any atom is 0.0948 e. The molecule has 1 aromatic heterocycles. The Morgan fingerprint density at radius 2 is 2.16 bits per heavy atom. The SMILES string of the molecule is CCCn1cncc1CNC(C)c1ccccc1Cl. The van der Waals surface area contributed by atoms with Crippen LogP contribution in [0.2, 0.25) is 5.02 Å². The van der Waals surface area contributed by atoms with Crippen LogP contribution in [-0.4, -0.2) is 9.55 Å². The summed E-state index contributed by atoms with van der Waals surface area (Å²) in [5, 5.41) is 4.31. The second-order valence-electron chi connectivity index (χ2n) is 4.70. The fourth-order valence-corrected chi connectivity index (χ4v) is 2.43. The topological polar surface area (TPSA) is 29.9 Å². The van der Waals surface area contributed by atoms with Gasteiger partial charge in [0.2, 0.25) is 0 Å². The summed E-state index contributed by atoms with van der Waals surface area (Å²) in [6.07, 6.45) is 4.92. The third-order valence-electron chi connectivity index (χ3n) is 3.22. The average molecular weight is 278 g/mol. The van der Waals surface area contributed by atoms with Crippen LogP contribution in [0.15, 0.2) is 36.8 Å². The highest BCUT2D eigenvalue weighted by atomic mass is 35.5. The molecule has 1 N–H and O–H groups in total. The van der Waals surface area contributed by atoms with E-state index in [-0.39, 0.29) is 6.04 Å². The number of hydrogen-bond acceptors (Lipinski definition) is 2. The monoisotopic (exact) mass is 277 g/mol. The van der Waals surface area contributed by atoms with Crippen LogP contribution in [0.3, 0.4) is 0 Å². The van der Waals surface area contributed by atoms with Gasteiger partial charge in [-0.1, -0.05) is 36.7 Å². The largest absolute Gasteiger partial charge is 0.333 e. The Kier molecular flexibility index (Phi) is 5.00. The Hall–Kier alpha value is -1.32. The quantitative estimate of drug-likeness (QED) is 0.870. The van der Waals surface area contributed by atoms with Gasteiger partial charge >= 0.3 is 0 Å². The maximum absolute atomic E-state index is 6.20. The fraction of sp³-hybridized carbons (Fsp3) is 0.400. The number of nitrogens with one attached hydrogen (secondary N) is 1. The van der Waals surface area contributed by atoms with E-state index in [9.17, 15) is 0 Å². The molecule has 1 aromatic carbocycles. The molecule has 0 amide bonds. The molecule has 3 nitrogen and oxygen atoms in total. The molecular weight excluding hydrogens is 258 g/mol. The van der Waals surface area contributed by atoms with Gasteiger partial charge in [-0.15, -0.1) is 0 Å². The lowest BCUT2D eigenvalue weighted by Gasteiger charge is -2.16. The Morgan fingerprint density at radius 1 is 1.37 bits per heavy atom. The van der Waals surface area contributed by atoms with Crippen LogP contribution in [0.4, 0.5) is 0 Å². The summed E-state index contributed by atoms with van der Waals surface area (Å²) in [6.45, 7) is 6.11. The molecule has 0 saturated carbocycles. The second kappa shape index (κ2) is 6.73. The van der Waals surface area contributed by atoms with Crippen LogP contribution >= 0.6 is 11.6 Å². The summed E-state index contributed by atoms with van der Waals surface area (Å²) in [4.78, 5) is 4.21. The maximum atomic E-state index is 6.20. The minimum Gasteiger partial charge on any atom is -0.333 e. The third kappa shape index (κ3) is 3.58. The van der Waals surface area contributed by atoms with Gasteiger partial charge in [-0.25, -0.2) is 4.98 Å². The van der Waals surface area contributed by atoms with Crippen molar-refractivity contribution in [2.75, 3.05) is 0 Å². The first-order valence-electron chi connectivity index (χ1n) is 6.69. The van der Waals surface area contributed by atoms with E-state index in [0.717, 1.165) is 30.1 Å². The number of imidazole rings is 1. The number of benzene rings is 1. The van der Waals surface area contributed by atoms with Crippen molar-refractivity contribution in [2.24, 2.45) is 0 Å². The number of halogens is 1. The molecule has 4 heteroatoms. The van der Waals surface area contributed by atoms with Crippen LogP contribution in [0.5, 0.6) is 0 Å². The molecule has 0 aliphatic carbocycles. The molecule has 0 saturated heterocycles. The molecule has 2 rings (SSSR count). The minimum atomic E-state index is 0.221. The van der Waals surface area contributed by atoms with Crippen molar-refractivity contribution in [1.82, 2.24) is 14.9 Å². The van der Waals surface area contributed by atoms with E-state index in [0.29, 0.717) is 0 Å². The normalized spacial score (nSPS) is 12.6. The van der Waals surface area contributed by atoms with Gasteiger partial charge in [-0.2, -0.15) is 0 Å². The van der Waals surface area contributed by atoms with E-state index in [1.165, 1.54) is 5.69 Å². The first kappa shape index (κ1) is 14.1. The highest BCUT2D eigenvalue weighted by Crippen LogP contribution is 2.22. The number of rotatable bonds is 6. The second-order valence-corrected chi connectivity index (χ2v) is 5.11. The van der Waals surface area contributed by atoms with Gasteiger partial charge < -0.3 is 9.88 Å². The number of hydrogen-bond donors (Lipinski definition) is 1. The first-order valence-corrected chi connectivity index (χ1v) is 7.07. The smallest absolute Gasteiger partial charge is 0.0948 e. The van der Waals surface area contributed by atoms with Gasteiger partial charge in [0.1, 0.15) is 0 Å². The fourth-order valence-electron chi connectivity index (χ4n) is 2.13. The summed E-state index contributed by atoms with van der Waals surface area (Å²) >= 11 is 6.20. The first-order chi connectivity index (χ1) is 9.22. The highest BCUT2D eigenvalue weighted by molar-refractivity contribution is 6.31. The predicted molar refractivity (Wildman–Crippen MR) is 79.2 cm³/mol. The molecule has 1 heterocycles. The molecule has 2 aromatic rings.